The van der Waals surface area contributed by atoms with Gasteiger partial charge in [-0.25, -0.2) is 4.39 Å². The van der Waals surface area contributed by atoms with E-state index < -0.39 is 0 Å². The molecule has 2 atom stereocenters. The number of carbonyl (C=O) groups is 1. The molecule has 1 aliphatic heterocycles. The van der Waals surface area contributed by atoms with E-state index in [9.17, 15) is 9.18 Å². The van der Waals surface area contributed by atoms with E-state index in [0.29, 0.717) is 6.54 Å². The number of piperazine rings is 1. The van der Waals surface area contributed by atoms with Gasteiger partial charge in [0.25, 0.3) is 5.91 Å². The Hall–Kier alpha value is -2.40. The zero-order valence-corrected chi connectivity index (χ0v) is 17.9. The smallest absolute Gasteiger partial charge is 0.260 e. The number of rotatable bonds is 5. The van der Waals surface area contributed by atoms with Crippen LogP contribution in [-0.4, -0.2) is 47.5 Å². The number of nitrogens with zero attached hydrogens (tertiary/aromatic N) is 2. The van der Waals surface area contributed by atoms with Crippen LogP contribution in [0.15, 0.2) is 42.5 Å². The second-order valence-corrected chi connectivity index (χ2v) is 8.73. The summed E-state index contributed by atoms with van der Waals surface area (Å²) in [4.78, 5) is 17.1. The Morgan fingerprint density at radius 3 is 2.50 bits per heavy atom. The monoisotopic (exact) mass is 410 g/mol. The lowest BCUT2D eigenvalue weighted by molar-refractivity contribution is -0.139. The van der Waals surface area contributed by atoms with Crippen molar-refractivity contribution in [2.45, 2.75) is 58.2 Å². The summed E-state index contributed by atoms with van der Waals surface area (Å²) >= 11 is 0. The standard InChI is InChI=1S/C25H31FN2O2/c1-18-15-28(19(2)14-27(18)16-20-7-10-23(26)11-8-20)25(29)17-30-24-12-9-21-5-3-4-6-22(21)13-24/h7-13,18-19H,3-6,14-17H2,1-2H3/t18-,19+/m1/s1. The van der Waals surface area contributed by atoms with Gasteiger partial charge in [0.2, 0.25) is 0 Å². The highest BCUT2D eigenvalue weighted by Gasteiger charge is 2.32. The van der Waals surface area contributed by atoms with Gasteiger partial charge < -0.3 is 9.64 Å². The molecule has 0 aromatic heterocycles. The zero-order valence-electron chi connectivity index (χ0n) is 17.9. The van der Waals surface area contributed by atoms with E-state index in [0.717, 1.165) is 37.2 Å². The van der Waals surface area contributed by atoms with E-state index in [4.69, 9.17) is 4.74 Å². The van der Waals surface area contributed by atoms with Gasteiger partial charge in [0.05, 0.1) is 0 Å². The van der Waals surface area contributed by atoms with E-state index in [1.807, 2.05) is 23.1 Å². The molecule has 160 valence electrons. The third-order valence-corrected chi connectivity index (χ3v) is 6.42. The largest absolute Gasteiger partial charge is 0.484 e. The molecule has 0 bridgehead atoms. The molecule has 0 spiro atoms. The summed E-state index contributed by atoms with van der Waals surface area (Å²) in [6.07, 6.45) is 4.74. The van der Waals surface area contributed by atoms with Crippen molar-refractivity contribution in [2.24, 2.45) is 0 Å². The molecule has 2 aromatic carbocycles. The molecular weight excluding hydrogens is 379 g/mol. The van der Waals surface area contributed by atoms with Gasteiger partial charge in [0.1, 0.15) is 11.6 Å². The first-order valence-electron chi connectivity index (χ1n) is 11.0. The van der Waals surface area contributed by atoms with Crippen LogP contribution in [0, 0.1) is 5.82 Å². The third-order valence-electron chi connectivity index (χ3n) is 6.42. The Bertz CT molecular complexity index is 883. The maximum Gasteiger partial charge on any atom is 0.260 e. The second kappa shape index (κ2) is 9.17. The topological polar surface area (TPSA) is 32.8 Å². The summed E-state index contributed by atoms with van der Waals surface area (Å²) in [5.41, 5.74) is 3.87. The summed E-state index contributed by atoms with van der Waals surface area (Å²) in [5.74, 6) is 0.614. The van der Waals surface area contributed by atoms with E-state index in [1.54, 1.807) is 0 Å². The number of amides is 1. The minimum Gasteiger partial charge on any atom is -0.484 e. The first kappa shape index (κ1) is 20.9. The summed E-state index contributed by atoms with van der Waals surface area (Å²) < 4.78 is 19.0. The van der Waals surface area contributed by atoms with Crippen molar-refractivity contribution in [3.8, 4) is 5.75 Å². The van der Waals surface area contributed by atoms with Gasteiger partial charge in [-0.2, -0.15) is 0 Å². The Kier molecular flexibility index (Phi) is 6.38. The van der Waals surface area contributed by atoms with Crippen molar-refractivity contribution in [3.63, 3.8) is 0 Å². The molecule has 4 nitrogen and oxygen atoms in total. The molecule has 1 saturated heterocycles. The van der Waals surface area contributed by atoms with Gasteiger partial charge in [-0.3, -0.25) is 9.69 Å². The van der Waals surface area contributed by atoms with Crippen LogP contribution in [0.4, 0.5) is 4.39 Å². The second-order valence-electron chi connectivity index (χ2n) is 8.73. The lowest BCUT2D eigenvalue weighted by Crippen LogP contribution is -2.58. The lowest BCUT2D eigenvalue weighted by Gasteiger charge is -2.44. The Labute approximate surface area is 178 Å². The van der Waals surface area contributed by atoms with E-state index in [2.05, 4.69) is 30.9 Å². The zero-order chi connectivity index (χ0) is 21.1. The van der Waals surface area contributed by atoms with Crippen LogP contribution in [0.5, 0.6) is 5.75 Å². The summed E-state index contributed by atoms with van der Waals surface area (Å²) in [5, 5.41) is 0. The molecule has 1 heterocycles. The predicted molar refractivity (Wildman–Crippen MR) is 116 cm³/mol. The molecule has 2 aromatic rings. The molecule has 4 rings (SSSR count). The maximum absolute atomic E-state index is 13.2. The van der Waals surface area contributed by atoms with Gasteiger partial charge in [0, 0.05) is 31.7 Å². The Morgan fingerprint density at radius 1 is 1.00 bits per heavy atom. The van der Waals surface area contributed by atoms with Crippen molar-refractivity contribution >= 4 is 5.91 Å². The fraction of sp³-hybridized carbons (Fsp3) is 0.480. The molecule has 1 fully saturated rings. The number of hydrogen-bond donors (Lipinski definition) is 0. The van der Waals surface area contributed by atoms with Crippen molar-refractivity contribution in [3.05, 3.63) is 65.0 Å². The molecule has 0 saturated carbocycles. The molecule has 1 aliphatic carbocycles. The van der Waals surface area contributed by atoms with E-state index in [-0.39, 0.29) is 30.4 Å². The Balaban J connectivity index is 1.32. The molecule has 0 N–H and O–H groups in total. The number of carbonyl (C=O) groups excluding carboxylic acids is 1. The minimum atomic E-state index is -0.213. The summed E-state index contributed by atoms with van der Waals surface area (Å²) in [6.45, 7) is 6.53. The number of benzene rings is 2. The average molecular weight is 411 g/mol. The highest BCUT2D eigenvalue weighted by Crippen LogP contribution is 2.25. The van der Waals surface area contributed by atoms with Gasteiger partial charge in [-0.05, 0) is 80.5 Å². The normalized spacial score (nSPS) is 21.9. The molecule has 1 amide bonds. The SMILES string of the molecule is C[C@@H]1CN(C(=O)COc2ccc3c(c2)CCCC3)[C@@H](C)CN1Cc1ccc(F)cc1. The number of halogens is 1. The summed E-state index contributed by atoms with van der Waals surface area (Å²) in [6, 6.07) is 13.3. The number of aryl methyl sites for hydroxylation is 2. The highest BCUT2D eigenvalue weighted by atomic mass is 19.1. The molecule has 0 radical (unpaired) electrons. The van der Waals surface area contributed by atoms with Crippen LogP contribution in [0.25, 0.3) is 0 Å². The predicted octanol–water partition coefficient (Wildman–Crippen LogP) is 4.20. The van der Waals surface area contributed by atoms with E-state index in [1.165, 1.54) is 36.1 Å². The maximum atomic E-state index is 13.2. The van der Waals surface area contributed by atoms with Gasteiger partial charge in [-0.15, -0.1) is 0 Å². The van der Waals surface area contributed by atoms with Crippen molar-refractivity contribution in [1.82, 2.24) is 9.80 Å². The number of fused-ring (bicyclic) bond motifs is 1. The fourth-order valence-electron chi connectivity index (χ4n) is 4.62. The third kappa shape index (κ3) is 4.84. The van der Waals surface area contributed by atoms with Crippen molar-refractivity contribution in [1.29, 1.82) is 0 Å². The fourth-order valence-corrected chi connectivity index (χ4v) is 4.62. The van der Waals surface area contributed by atoms with Crippen LogP contribution in [0.2, 0.25) is 0 Å². The van der Waals surface area contributed by atoms with Crippen molar-refractivity contribution < 1.29 is 13.9 Å². The van der Waals surface area contributed by atoms with Crippen LogP contribution >= 0.6 is 0 Å². The highest BCUT2D eigenvalue weighted by molar-refractivity contribution is 5.78. The Morgan fingerprint density at radius 2 is 1.73 bits per heavy atom. The number of ether oxygens (including phenoxy) is 1. The molecule has 30 heavy (non-hydrogen) atoms. The van der Waals surface area contributed by atoms with Crippen LogP contribution < -0.4 is 4.74 Å². The first-order chi connectivity index (χ1) is 14.5. The molecule has 0 unspecified atom stereocenters. The quantitative estimate of drug-likeness (QED) is 0.741. The minimum absolute atomic E-state index is 0.0357. The molecular formula is C25H31FN2O2. The van der Waals surface area contributed by atoms with Crippen molar-refractivity contribution in [2.75, 3.05) is 19.7 Å². The molecule has 2 aliphatic rings. The van der Waals surface area contributed by atoms with Crippen LogP contribution in [0.3, 0.4) is 0 Å². The molecule has 5 heteroatoms. The van der Waals surface area contributed by atoms with Crippen LogP contribution in [-0.2, 0) is 24.2 Å². The first-order valence-corrected chi connectivity index (χ1v) is 11.0. The average Bonchev–Trinajstić information content (AvgIpc) is 2.75. The summed E-state index contributed by atoms with van der Waals surface area (Å²) in [7, 11) is 0. The van der Waals surface area contributed by atoms with Gasteiger partial charge in [-0.1, -0.05) is 18.2 Å². The lowest BCUT2D eigenvalue weighted by atomic mass is 9.92. The van der Waals surface area contributed by atoms with Gasteiger partial charge >= 0.3 is 0 Å². The number of hydrogen-bond acceptors (Lipinski definition) is 3. The van der Waals surface area contributed by atoms with E-state index >= 15 is 0 Å². The van der Waals surface area contributed by atoms with Crippen LogP contribution in [0.1, 0.15) is 43.4 Å². The van der Waals surface area contributed by atoms with Gasteiger partial charge in [0.15, 0.2) is 6.61 Å².